The Morgan fingerprint density at radius 2 is 1.93 bits per heavy atom. The van der Waals surface area contributed by atoms with E-state index in [4.69, 9.17) is 26.2 Å². The second kappa shape index (κ2) is 6.27. The SMILES string of the molecule is O=C(O)COCCOc1ccc(Cl)cc1. The van der Waals surface area contributed by atoms with Crippen molar-refractivity contribution in [2.24, 2.45) is 0 Å². The van der Waals surface area contributed by atoms with Gasteiger partial charge in [-0.25, -0.2) is 4.79 Å². The van der Waals surface area contributed by atoms with Crippen molar-refractivity contribution in [3.8, 4) is 5.75 Å². The molecule has 0 fully saturated rings. The molecule has 5 heteroatoms. The molecule has 0 amide bonds. The van der Waals surface area contributed by atoms with Crippen molar-refractivity contribution in [2.45, 2.75) is 0 Å². The first-order chi connectivity index (χ1) is 7.18. The first-order valence-electron chi connectivity index (χ1n) is 4.36. The lowest BCUT2D eigenvalue weighted by Crippen LogP contribution is -2.12. The van der Waals surface area contributed by atoms with Gasteiger partial charge in [0.2, 0.25) is 0 Å². The molecule has 0 saturated heterocycles. The number of carboxylic acid groups (broad SMARTS) is 1. The van der Waals surface area contributed by atoms with Crippen LogP contribution in [0, 0.1) is 0 Å². The zero-order valence-corrected chi connectivity index (χ0v) is 8.74. The van der Waals surface area contributed by atoms with Crippen LogP contribution in [0.1, 0.15) is 0 Å². The topological polar surface area (TPSA) is 55.8 Å². The standard InChI is InChI=1S/C10H11ClO4/c11-8-1-3-9(4-2-8)15-6-5-14-7-10(12)13/h1-4H,5-7H2,(H,12,13). The van der Waals surface area contributed by atoms with E-state index in [1.165, 1.54) is 0 Å². The Balaban J connectivity index is 2.15. The number of benzene rings is 1. The maximum Gasteiger partial charge on any atom is 0.329 e. The Morgan fingerprint density at radius 1 is 1.27 bits per heavy atom. The van der Waals surface area contributed by atoms with Gasteiger partial charge in [-0.05, 0) is 24.3 Å². The highest BCUT2D eigenvalue weighted by molar-refractivity contribution is 6.30. The van der Waals surface area contributed by atoms with Gasteiger partial charge in [0, 0.05) is 5.02 Å². The first-order valence-corrected chi connectivity index (χ1v) is 4.74. The van der Waals surface area contributed by atoms with E-state index in [2.05, 4.69) is 0 Å². The van der Waals surface area contributed by atoms with Gasteiger partial charge in [-0.1, -0.05) is 11.6 Å². The minimum absolute atomic E-state index is 0.245. The fourth-order valence-electron chi connectivity index (χ4n) is 0.909. The molecule has 0 bridgehead atoms. The van der Waals surface area contributed by atoms with E-state index in [0.29, 0.717) is 17.4 Å². The lowest BCUT2D eigenvalue weighted by Gasteiger charge is -2.05. The van der Waals surface area contributed by atoms with Gasteiger partial charge in [0.1, 0.15) is 19.0 Å². The van der Waals surface area contributed by atoms with Crippen LogP contribution in [-0.2, 0) is 9.53 Å². The third kappa shape index (κ3) is 5.24. The van der Waals surface area contributed by atoms with E-state index in [1.54, 1.807) is 24.3 Å². The number of hydrogen-bond acceptors (Lipinski definition) is 3. The number of hydrogen-bond donors (Lipinski definition) is 1. The van der Waals surface area contributed by atoms with Crippen molar-refractivity contribution in [2.75, 3.05) is 19.8 Å². The van der Waals surface area contributed by atoms with Gasteiger partial charge in [0.15, 0.2) is 0 Å². The van der Waals surface area contributed by atoms with Gasteiger partial charge < -0.3 is 14.6 Å². The molecule has 0 unspecified atom stereocenters. The Kier molecular flexibility index (Phi) is 4.93. The molecule has 0 atom stereocenters. The molecule has 0 radical (unpaired) electrons. The molecule has 1 aromatic rings. The van der Waals surface area contributed by atoms with Crippen molar-refractivity contribution in [1.29, 1.82) is 0 Å². The highest BCUT2D eigenvalue weighted by Crippen LogP contribution is 2.15. The van der Waals surface area contributed by atoms with E-state index in [0.717, 1.165) is 0 Å². The molecule has 0 aliphatic rings. The molecule has 0 saturated carbocycles. The smallest absolute Gasteiger partial charge is 0.329 e. The quantitative estimate of drug-likeness (QED) is 0.758. The third-order valence-corrected chi connectivity index (χ3v) is 1.79. The van der Waals surface area contributed by atoms with Crippen molar-refractivity contribution in [3.63, 3.8) is 0 Å². The largest absolute Gasteiger partial charge is 0.491 e. The Bertz CT molecular complexity index is 310. The zero-order valence-electron chi connectivity index (χ0n) is 7.98. The summed E-state index contributed by atoms with van der Waals surface area (Å²) >= 11 is 5.68. The van der Waals surface area contributed by atoms with Crippen molar-refractivity contribution in [1.82, 2.24) is 0 Å². The van der Waals surface area contributed by atoms with Gasteiger partial charge in [0.05, 0.1) is 6.61 Å². The lowest BCUT2D eigenvalue weighted by atomic mass is 10.3. The van der Waals surface area contributed by atoms with Crippen LogP contribution >= 0.6 is 11.6 Å². The maximum atomic E-state index is 10.1. The molecule has 4 nitrogen and oxygen atoms in total. The summed E-state index contributed by atoms with van der Waals surface area (Å²) in [7, 11) is 0. The lowest BCUT2D eigenvalue weighted by molar-refractivity contribution is -0.142. The Hall–Kier alpha value is -1.26. The molecule has 1 aromatic carbocycles. The van der Waals surface area contributed by atoms with E-state index >= 15 is 0 Å². The summed E-state index contributed by atoms with van der Waals surface area (Å²) in [6, 6.07) is 6.91. The highest BCUT2D eigenvalue weighted by atomic mass is 35.5. The number of rotatable bonds is 6. The third-order valence-electron chi connectivity index (χ3n) is 1.54. The summed E-state index contributed by atoms with van der Waals surface area (Å²) in [6.07, 6.45) is 0. The number of ether oxygens (including phenoxy) is 2. The highest BCUT2D eigenvalue weighted by Gasteiger charge is 1.97. The fraction of sp³-hybridized carbons (Fsp3) is 0.300. The summed E-state index contributed by atoms with van der Waals surface area (Å²) < 4.78 is 10.1. The van der Waals surface area contributed by atoms with Gasteiger partial charge in [-0.2, -0.15) is 0 Å². The van der Waals surface area contributed by atoms with E-state index in [1.807, 2.05) is 0 Å². The van der Waals surface area contributed by atoms with Gasteiger partial charge in [-0.15, -0.1) is 0 Å². The number of carbonyl (C=O) groups is 1. The van der Waals surface area contributed by atoms with Crippen LogP contribution in [0.25, 0.3) is 0 Å². The molecule has 15 heavy (non-hydrogen) atoms. The van der Waals surface area contributed by atoms with Crippen LogP contribution < -0.4 is 4.74 Å². The average Bonchev–Trinajstić information content (AvgIpc) is 2.20. The second-order valence-electron chi connectivity index (χ2n) is 2.75. The van der Waals surface area contributed by atoms with Crippen LogP contribution in [0.5, 0.6) is 5.75 Å². The van der Waals surface area contributed by atoms with Crippen LogP contribution in [0.3, 0.4) is 0 Å². The molecule has 1 rings (SSSR count). The summed E-state index contributed by atoms with van der Waals surface area (Å²) in [5.74, 6) is -0.306. The van der Waals surface area contributed by atoms with Crippen LogP contribution in [0.15, 0.2) is 24.3 Å². The van der Waals surface area contributed by atoms with E-state index in [9.17, 15) is 4.79 Å². The predicted molar refractivity (Wildman–Crippen MR) is 55.4 cm³/mol. The van der Waals surface area contributed by atoms with Crippen molar-refractivity contribution < 1.29 is 19.4 Å². The zero-order chi connectivity index (χ0) is 11.1. The normalized spacial score (nSPS) is 9.93. The van der Waals surface area contributed by atoms with Crippen LogP contribution in [-0.4, -0.2) is 30.9 Å². The van der Waals surface area contributed by atoms with Crippen molar-refractivity contribution in [3.05, 3.63) is 29.3 Å². The molecular weight excluding hydrogens is 220 g/mol. The van der Waals surface area contributed by atoms with E-state index < -0.39 is 5.97 Å². The molecule has 0 spiro atoms. The van der Waals surface area contributed by atoms with Crippen LogP contribution in [0.2, 0.25) is 5.02 Å². The molecular formula is C10H11ClO4. The first kappa shape index (κ1) is 11.8. The summed E-state index contributed by atoms with van der Waals surface area (Å²) in [5, 5.41) is 8.92. The number of halogens is 1. The second-order valence-corrected chi connectivity index (χ2v) is 3.19. The molecule has 0 aliphatic heterocycles. The number of carboxylic acids is 1. The molecule has 82 valence electrons. The minimum atomic E-state index is -0.985. The van der Waals surface area contributed by atoms with Gasteiger partial charge >= 0.3 is 5.97 Å². The molecule has 0 aromatic heterocycles. The fourth-order valence-corrected chi connectivity index (χ4v) is 1.03. The monoisotopic (exact) mass is 230 g/mol. The summed E-state index contributed by atoms with van der Waals surface area (Å²) in [5.41, 5.74) is 0. The van der Waals surface area contributed by atoms with Crippen LogP contribution in [0.4, 0.5) is 0 Å². The summed E-state index contributed by atoms with van der Waals surface area (Å²) in [6.45, 7) is 0.258. The minimum Gasteiger partial charge on any atom is -0.491 e. The Morgan fingerprint density at radius 3 is 2.53 bits per heavy atom. The van der Waals surface area contributed by atoms with Crippen molar-refractivity contribution >= 4 is 17.6 Å². The maximum absolute atomic E-state index is 10.1. The van der Waals surface area contributed by atoms with E-state index in [-0.39, 0.29) is 13.2 Å². The van der Waals surface area contributed by atoms with Gasteiger partial charge in [-0.3, -0.25) is 0 Å². The average molecular weight is 231 g/mol. The summed E-state index contributed by atoms with van der Waals surface area (Å²) in [4.78, 5) is 10.1. The molecule has 0 aliphatic carbocycles. The molecule has 0 heterocycles. The number of aliphatic carboxylic acids is 1. The predicted octanol–water partition coefficient (Wildman–Crippen LogP) is 1.82. The Labute approximate surface area is 92.4 Å². The molecule has 1 N–H and O–H groups in total. The van der Waals surface area contributed by atoms with Gasteiger partial charge in [0.25, 0.3) is 0 Å².